The second-order valence-electron chi connectivity index (χ2n) is 4.60. The molecule has 1 nitrogen and oxygen atoms in total. The predicted molar refractivity (Wildman–Crippen MR) is 71.7 cm³/mol. The van der Waals surface area contributed by atoms with Gasteiger partial charge in [-0.15, -0.1) is 0 Å². The van der Waals surface area contributed by atoms with Crippen molar-refractivity contribution in [3.63, 3.8) is 0 Å². The van der Waals surface area contributed by atoms with Crippen molar-refractivity contribution in [2.24, 2.45) is 0 Å². The number of hydrogen-bond acceptors (Lipinski definition) is 1. The standard InChI is InChI=1S/C12H27GeOSi/c1-4-7-10-15(14-13,11-8-5-2)12-9-6-3/h4-12H2,1-3H3. The summed E-state index contributed by atoms with van der Waals surface area (Å²) in [6.07, 6.45) is 8.05. The molecule has 0 saturated carbocycles. The minimum atomic E-state index is -1.33. The van der Waals surface area contributed by atoms with Gasteiger partial charge in [-0.1, -0.05) is 0 Å². The van der Waals surface area contributed by atoms with Crippen LogP contribution in [0.3, 0.4) is 0 Å². The van der Waals surface area contributed by atoms with Crippen molar-refractivity contribution in [2.75, 3.05) is 0 Å². The SMILES string of the molecule is CCCC[Si](CCCC)(CCCC)[O][Ge]. The fraction of sp³-hybridized carbons (Fsp3) is 1.00. The van der Waals surface area contributed by atoms with Crippen LogP contribution in [0.4, 0.5) is 0 Å². The number of hydrogen-bond donors (Lipinski definition) is 0. The van der Waals surface area contributed by atoms with Crippen molar-refractivity contribution in [1.82, 2.24) is 0 Å². The zero-order chi connectivity index (χ0) is 11.6. The first-order chi connectivity index (χ1) is 7.24. The Morgan fingerprint density at radius 3 is 1.33 bits per heavy atom. The molecule has 3 radical (unpaired) electrons. The van der Waals surface area contributed by atoms with E-state index in [0.717, 1.165) is 0 Å². The van der Waals surface area contributed by atoms with Gasteiger partial charge in [-0.25, -0.2) is 0 Å². The van der Waals surface area contributed by atoms with Crippen LogP contribution in [0.1, 0.15) is 59.3 Å². The Bertz CT molecular complexity index is 120. The van der Waals surface area contributed by atoms with Gasteiger partial charge in [-0.2, -0.15) is 0 Å². The van der Waals surface area contributed by atoms with Crippen molar-refractivity contribution in [1.29, 1.82) is 0 Å². The first-order valence-corrected chi connectivity index (χ1v) is 9.98. The van der Waals surface area contributed by atoms with Crippen LogP contribution in [-0.4, -0.2) is 25.2 Å². The minimum absolute atomic E-state index is 1.32. The monoisotopic (exact) mass is 289 g/mol. The van der Waals surface area contributed by atoms with E-state index >= 15 is 0 Å². The fourth-order valence-corrected chi connectivity index (χ4v) is 8.00. The number of unbranched alkanes of at least 4 members (excludes halogenated alkanes) is 3. The van der Waals surface area contributed by atoms with Crippen LogP contribution < -0.4 is 0 Å². The van der Waals surface area contributed by atoms with Crippen LogP contribution in [0.25, 0.3) is 0 Å². The van der Waals surface area contributed by atoms with E-state index in [2.05, 4.69) is 20.8 Å². The van der Waals surface area contributed by atoms with Gasteiger partial charge in [0.05, 0.1) is 0 Å². The summed E-state index contributed by atoms with van der Waals surface area (Å²) in [5.41, 5.74) is 0. The molecule has 0 unspecified atom stereocenters. The van der Waals surface area contributed by atoms with Crippen molar-refractivity contribution >= 4 is 25.2 Å². The molecule has 0 amide bonds. The molecule has 0 heterocycles. The Balaban J connectivity index is 4.16. The summed E-state index contributed by atoms with van der Waals surface area (Å²) in [6.45, 7) is 6.86. The van der Waals surface area contributed by atoms with Gasteiger partial charge in [-0.3, -0.25) is 0 Å². The van der Waals surface area contributed by atoms with Crippen molar-refractivity contribution in [2.45, 2.75) is 77.4 Å². The maximum absolute atomic E-state index is 5.98. The molecular weight excluding hydrogens is 261 g/mol. The Morgan fingerprint density at radius 1 is 0.800 bits per heavy atom. The summed E-state index contributed by atoms with van der Waals surface area (Å²) < 4.78 is 5.98. The molecule has 0 aromatic rings. The quantitative estimate of drug-likeness (QED) is 0.540. The van der Waals surface area contributed by atoms with Gasteiger partial charge in [0.25, 0.3) is 0 Å². The van der Waals surface area contributed by atoms with E-state index in [1.807, 2.05) is 16.9 Å². The molecule has 0 aliphatic rings. The molecular formula is C12H27GeOSi. The van der Waals surface area contributed by atoms with E-state index < -0.39 is 8.32 Å². The third-order valence-corrected chi connectivity index (χ3v) is 10.1. The van der Waals surface area contributed by atoms with Crippen molar-refractivity contribution < 1.29 is 3.45 Å². The Morgan fingerprint density at radius 2 is 1.13 bits per heavy atom. The molecule has 0 rings (SSSR count). The molecule has 0 aromatic carbocycles. The second kappa shape index (κ2) is 9.91. The van der Waals surface area contributed by atoms with E-state index in [1.54, 1.807) is 0 Å². The van der Waals surface area contributed by atoms with Crippen LogP contribution in [0.5, 0.6) is 0 Å². The van der Waals surface area contributed by atoms with E-state index in [-0.39, 0.29) is 0 Å². The van der Waals surface area contributed by atoms with Crippen LogP contribution in [-0.2, 0) is 3.45 Å². The first kappa shape index (κ1) is 15.7. The normalized spacial score (nSPS) is 12.0. The zero-order valence-electron chi connectivity index (χ0n) is 10.8. The molecule has 0 N–H and O–H groups in total. The summed E-state index contributed by atoms with van der Waals surface area (Å²) in [5.74, 6) is 0. The van der Waals surface area contributed by atoms with Gasteiger partial charge >= 0.3 is 106 Å². The van der Waals surface area contributed by atoms with E-state index in [9.17, 15) is 0 Å². The van der Waals surface area contributed by atoms with Crippen molar-refractivity contribution in [3.8, 4) is 0 Å². The average molecular weight is 288 g/mol. The van der Waals surface area contributed by atoms with Gasteiger partial charge < -0.3 is 0 Å². The topological polar surface area (TPSA) is 9.23 Å². The number of rotatable bonds is 10. The van der Waals surface area contributed by atoms with Gasteiger partial charge in [0.15, 0.2) is 0 Å². The molecule has 0 aliphatic heterocycles. The molecule has 0 saturated heterocycles. The third-order valence-electron chi connectivity index (χ3n) is 3.17. The molecule has 0 fully saturated rings. The first-order valence-electron chi connectivity index (χ1n) is 6.59. The fourth-order valence-electron chi connectivity index (χ4n) is 2.02. The average Bonchev–Trinajstić information content (AvgIpc) is 2.29. The Labute approximate surface area is 106 Å². The predicted octanol–water partition coefficient (Wildman–Crippen LogP) is 4.43. The van der Waals surface area contributed by atoms with E-state index in [1.165, 1.54) is 56.7 Å². The summed E-state index contributed by atoms with van der Waals surface area (Å²) in [7, 11) is -1.33. The maximum atomic E-state index is 5.98. The Hall–Kier alpha value is 0.720. The van der Waals surface area contributed by atoms with Crippen LogP contribution in [0.2, 0.25) is 18.1 Å². The van der Waals surface area contributed by atoms with Gasteiger partial charge in [0.1, 0.15) is 0 Å². The van der Waals surface area contributed by atoms with Crippen molar-refractivity contribution in [3.05, 3.63) is 0 Å². The molecule has 15 heavy (non-hydrogen) atoms. The van der Waals surface area contributed by atoms with Crippen LogP contribution in [0, 0.1) is 0 Å². The Kier molecular flexibility index (Phi) is 10.4. The molecule has 0 aliphatic carbocycles. The molecule has 89 valence electrons. The third kappa shape index (κ3) is 6.80. The summed E-state index contributed by atoms with van der Waals surface area (Å²) in [4.78, 5) is 0. The van der Waals surface area contributed by atoms with Crippen LogP contribution in [0.15, 0.2) is 0 Å². The summed E-state index contributed by atoms with van der Waals surface area (Å²) >= 11 is 1.97. The second-order valence-corrected chi connectivity index (χ2v) is 9.95. The van der Waals surface area contributed by atoms with Crippen LogP contribution >= 0.6 is 0 Å². The summed E-state index contributed by atoms with van der Waals surface area (Å²) in [5, 5.41) is 0. The molecule has 3 heteroatoms. The molecule has 0 atom stereocenters. The molecule has 0 aromatic heterocycles. The van der Waals surface area contributed by atoms with Gasteiger partial charge in [0, 0.05) is 0 Å². The molecule has 0 bridgehead atoms. The van der Waals surface area contributed by atoms with E-state index in [4.69, 9.17) is 3.45 Å². The zero-order valence-corrected chi connectivity index (χ0v) is 13.9. The van der Waals surface area contributed by atoms with E-state index in [0.29, 0.717) is 0 Å². The van der Waals surface area contributed by atoms with Gasteiger partial charge in [0.2, 0.25) is 0 Å². The molecule has 0 spiro atoms. The summed E-state index contributed by atoms with van der Waals surface area (Å²) in [6, 6.07) is 4.17. The van der Waals surface area contributed by atoms with Gasteiger partial charge in [-0.05, 0) is 0 Å².